The van der Waals surface area contributed by atoms with Crippen molar-refractivity contribution in [2.24, 2.45) is 5.92 Å². The van der Waals surface area contributed by atoms with Crippen LogP contribution in [0.5, 0.6) is 0 Å². The molecule has 8 nitrogen and oxygen atoms in total. The lowest BCUT2D eigenvalue weighted by Crippen LogP contribution is -2.56. The molecule has 0 bridgehead atoms. The van der Waals surface area contributed by atoms with Crippen molar-refractivity contribution in [2.45, 2.75) is 65.7 Å². The van der Waals surface area contributed by atoms with Gasteiger partial charge in [0, 0.05) is 26.1 Å². The average Bonchev–Trinajstić information content (AvgIpc) is 2.65. The zero-order valence-electron chi connectivity index (χ0n) is 18.8. The monoisotopic (exact) mass is 419 g/mol. The second-order valence-electron chi connectivity index (χ2n) is 9.42. The Bertz CT molecular complexity index is 739. The van der Waals surface area contributed by atoms with Crippen molar-refractivity contribution in [2.75, 3.05) is 13.1 Å². The van der Waals surface area contributed by atoms with E-state index in [-0.39, 0.29) is 18.7 Å². The SMILES string of the molecule is CC(C)(C)ON(C=O)N(OC(C)(C)C)C(=O)C1CN(Cc2ccccc2)CCC1=O. The van der Waals surface area contributed by atoms with E-state index < -0.39 is 23.0 Å². The summed E-state index contributed by atoms with van der Waals surface area (Å²) in [7, 11) is 0. The molecule has 1 heterocycles. The van der Waals surface area contributed by atoms with Gasteiger partial charge >= 0.3 is 0 Å². The molecule has 0 N–H and O–H groups in total. The molecule has 1 aliphatic rings. The third-order valence-corrected chi connectivity index (χ3v) is 4.24. The minimum Gasteiger partial charge on any atom is -0.299 e. The number of hydrogen-bond donors (Lipinski definition) is 0. The van der Waals surface area contributed by atoms with Crippen molar-refractivity contribution < 1.29 is 24.1 Å². The molecule has 1 unspecified atom stereocenters. The molecule has 166 valence electrons. The molecule has 2 rings (SSSR count). The second-order valence-corrected chi connectivity index (χ2v) is 9.42. The van der Waals surface area contributed by atoms with E-state index in [0.29, 0.717) is 19.5 Å². The molecule has 0 aromatic heterocycles. The maximum absolute atomic E-state index is 13.3. The summed E-state index contributed by atoms with van der Waals surface area (Å²) in [6, 6.07) is 9.87. The first-order chi connectivity index (χ1) is 13.9. The maximum atomic E-state index is 13.3. The van der Waals surface area contributed by atoms with Gasteiger partial charge in [-0.2, -0.15) is 0 Å². The Morgan fingerprint density at radius 1 is 1.10 bits per heavy atom. The highest BCUT2D eigenvalue weighted by molar-refractivity contribution is 6.01. The summed E-state index contributed by atoms with van der Waals surface area (Å²) < 4.78 is 0. The van der Waals surface area contributed by atoms with Crippen molar-refractivity contribution in [3.8, 4) is 0 Å². The Labute approximate surface area is 178 Å². The van der Waals surface area contributed by atoms with E-state index >= 15 is 0 Å². The number of ketones is 1. The molecule has 0 spiro atoms. The third kappa shape index (κ3) is 7.19. The Balaban J connectivity index is 2.22. The number of likely N-dealkylation sites (tertiary alicyclic amines) is 1. The highest BCUT2D eigenvalue weighted by Gasteiger charge is 2.40. The van der Waals surface area contributed by atoms with Crippen LogP contribution >= 0.6 is 0 Å². The number of Topliss-reactive ketones (excluding diaryl/α,β-unsaturated/α-hetero) is 1. The Morgan fingerprint density at radius 2 is 1.70 bits per heavy atom. The molecule has 30 heavy (non-hydrogen) atoms. The van der Waals surface area contributed by atoms with Gasteiger partial charge in [-0.15, -0.1) is 0 Å². The molecule has 0 saturated carbocycles. The predicted octanol–water partition coefficient (Wildman–Crippen LogP) is 2.74. The van der Waals surface area contributed by atoms with Crippen LogP contribution in [-0.2, 0) is 30.6 Å². The minimum atomic E-state index is -0.948. The van der Waals surface area contributed by atoms with E-state index in [0.717, 1.165) is 15.9 Å². The van der Waals surface area contributed by atoms with Crippen LogP contribution in [0.3, 0.4) is 0 Å². The number of hydrazine groups is 1. The number of carbonyl (C=O) groups is 3. The minimum absolute atomic E-state index is 0.173. The normalized spacial score (nSPS) is 18.2. The molecule has 2 amide bonds. The van der Waals surface area contributed by atoms with Crippen LogP contribution in [0.2, 0.25) is 0 Å². The number of nitrogens with zero attached hydrogens (tertiary/aromatic N) is 3. The fourth-order valence-electron chi connectivity index (χ4n) is 3.05. The van der Waals surface area contributed by atoms with E-state index in [1.165, 1.54) is 0 Å². The van der Waals surface area contributed by atoms with Crippen LogP contribution in [0, 0.1) is 5.92 Å². The molecule has 1 saturated heterocycles. The predicted molar refractivity (Wildman–Crippen MR) is 111 cm³/mol. The number of benzene rings is 1. The quantitative estimate of drug-likeness (QED) is 0.384. The molecule has 1 atom stereocenters. The molecular formula is C22H33N3O5. The smallest absolute Gasteiger partial charge is 0.281 e. The molecule has 1 fully saturated rings. The van der Waals surface area contributed by atoms with Crippen LogP contribution in [0.15, 0.2) is 30.3 Å². The molecule has 1 aliphatic heterocycles. The Morgan fingerprint density at radius 3 is 2.23 bits per heavy atom. The molecular weight excluding hydrogens is 386 g/mol. The van der Waals surface area contributed by atoms with Gasteiger partial charge in [0.2, 0.25) is 0 Å². The van der Waals surface area contributed by atoms with E-state index in [9.17, 15) is 14.4 Å². The first-order valence-electron chi connectivity index (χ1n) is 10.2. The summed E-state index contributed by atoms with van der Waals surface area (Å²) in [6.07, 6.45) is 0.623. The fraction of sp³-hybridized carbons (Fsp3) is 0.591. The van der Waals surface area contributed by atoms with E-state index in [4.69, 9.17) is 9.68 Å². The fourth-order valence-corrected chi connectivity index (χ4v) is 3.05. The highest BCUT2D eigenvalue weighted by Crippen LogP contribution is 2.23. The maximum Gasteiger partial charge on any atom is 0.281 e. The summed E-state index contributed by atoms with van der Waals surface area (Å²) >= 11 is 0. The summed E-state index contributed by atoms with van der Waals surface area (Å²) in [5, 5.41) is 1.52. The molecule has 0 aliphatic carbocycles. The summed E-state index contributed by atoms with van der Waals surface area (Å²) in [4.78, 5) is 51.1. The van der Waals surface area contributed by atoms with Crippen molar-refractivity contribution in [1.29, 1.82) is 0 Å². The first-order valence-corrected chi connectivity index (χ1v) is 10.2. The van der Waals surface area contributed by atoms with Crippen molar-refractivity contribution >= 4 is 18.1 Å². The summed E-state index contributed by atoms with van der Waals surface area (Å²) in [6.45, 7) is 11.9. The highest BCUT2D eigenvalue weighted by atomic mass is 16.9. The number of carbonyl (C=O) groups excluding carboxylic acids is 3. The molecule has 1 aromatic carbocycles. The van der Waals surface area contributed by atoms with Crippen molar-refractivity contribution in [1.82, 2.24) is 15.2 Å². The Hall–Kier alpha value is -2.29. The summed E-state index contributed by atoms with van der Waals surface area (Å²) in [5.74, 6) is -1.74. The van der Waals surface area contributed by atoms with E-state index in [1.807, 2.05) is 30.3 Å². The van der Waals surface area contributed by atoms with Gasteiger partial charge in [0.25, 0.3) is 12.3 Å². The van der Waals surface area contributed by atoms with Gasteiger partial charge < -0.3 is 0 Å². The van der Waals surface area contributed by atoms with Gasteiger partial charge in [0.15, 0.2) is 0 Å². The van der Waals surface area contributed by atoms with Crippen LogP contribution in [-0.4, -0.2) is 57.6 Å². The van der Waals surface area contributed by atoms with E-state index in [1.54, 1.807) is 41.5 Å². The number of amides is 2. The third-order valence-electron chi connectivity index (χ3n) is 4.24. The van der Waals surface area contributed by atoms with Crippen LogP contribution < -0.4 is 0 Å². The molecule has 8 heteroatoms. The van der Waals surface area contributed by atoms with Crippen LogP contribution in [0.4, 0.5) is 0 Å². The number of rotatable bonds is 7. The number of hydroxylamine groups is 2. The lowest BCUT2D eigenvalue weighted by molar-refractivity contribution is -0.402. The van der Waals surface area contributed by atoms with Gasteiger partial charge in [-0.25, -0.2) is 9.68 Å². The van der Waals surface area contributed by atoms with Gasteiger partial charge in [-0.05, 0) is 47.1 Å². The largest absolute Gasteiger partial charge is 0.299 e. The van der Waals surface area contributed by atoms with Gasteiger partial charge in [-0.3, -0.25) is 19.3 Å². The van der Waals surface area contributed by atoms with Crippen molar-refractivity contribution in [3.05, 3.63) is 35.9 Å². The number of piperidine rings is 1. The van der Waals surface area contributed by atoms with Gasteiger partial charge in [0.1, 0.15) is 11.7 Å². The number of hydrogen-bond acceptors (Lipinski definition) is 6. The topological polar surface area (TPSA) is 79.4 Å². The summed E-state index contributed by atoms with van der Waals surface area (Å²) in [5.41, 5.74) is -0.442. The van der Waals surface area contributed by atoms with Crippen LogP contribution in [0.25, 0.3) is 0 Å². The standard InChI is InChI=1S/C22H33N3O5/c1-21(2,3)29-24(16-26)25(30-22(4,5)6)20(28)18-15-23(13-12-19(18)27)14-17-10-8-7-9-11-17/h7-11,16,18H,12-15H2,1-6H3. The Kier molecular flexibility index (Phi) is 7.74. The second kappa shape index (κ2) is 9.68. The molecule has 0 radical (unpaired) electrons. The lowest BCUT2D eigenvalue weighted by Gasteiger charge is -2.39. The molecule has 1 aromatic rings. The first kappa shape index (κ1) is 24.0. The average molecular weight is 420 g/mol. The lowest BCUT2D eigenvalue weighted by atomic mass is 9.95. The van der Waals surface area contributed by atoms with Gasteiger partial charge in [0.05, 0.1) is 11.2 Å². The van der Waals surface area contributed by atoms with Crippen molar-refractivity contribution in [3.63, 3.8) is 0 Å². The van der Waals surface area contributed by atoms with Gasteiger partial charge in [-0.1, -0.05) is 40.7 Å². The van der Waals surface area contributed by atoms with E-state index in [2.05, 4.69) is 4.90 Å². The zero-order chi connectivity index (χ0) is 22.5. The van der Waals surface area contributed by atoms with Crippen LogP contribution in [0.1, 0.15) is 53.5 Å². The zero-order valence-corrected chi connectivity index (χ0v) is 18.8.